The summed E-state index contributed by atoms with van der Waals surface area (Å²) in [6.45, 7) is 12.5. The molecule has 1 heterocycles. The Hall–Kier alpha value is -0.340. The zero-order chi connectivity index (χ0) is 12.9. The van der Waals surface area contributed by atoms with E-state index in [0.29, 0.717) is 11.5 Å². The summed E-state index contributed by atoms with van der Waals surface area (Å²) in [5, 5.41) is 5.87. The number of rotatable bonds is 6. The van der Waals surface area contributed by atoms with Crippen LogP contribution in [0.5, 0.6) is 0 Å². The lowest BCUT2D eigenvalue weighted by atomic mass is 9.88. The van der Waals surface area contributed by atoms with Gasteiger partial charge in [0, 0.05) is 10.9 Å². The first-order chi connectivity index (χ1) is 7.98. The third-order valence-corrected chi connectivity index (χ3v) is 4.18. The molecule has 1 aromatic rings. The summed E-state index contributed by atoms with van der Waals surface area (Å²) in [6, 6.07) is 2.83. The molecule has 0 bridgehead atoms. The molecule has 0 radical (unpaired) electrons. The molecule has 98 valence electrons. The largest absolute Gasteiger partial charge is 0.310 e. The maximum atomic E-state index is 3.64. The lowest BCUT2D eigenvalue weighted by Gasteiger charge is -2.24. The minimum Gasteiger partial charge on any atom is -0.310 e. The molecular formula is C15H27NS. The summed E-state index contributed by atoms with van der Waals surface area (Å²) in [4.78, 5) is 1.55. The predicted octanol–water partition coefficient (Wildman–Crippen LogP) is 4.79. The second-order valence-corrected chi connectivity index (χ2v) is 6.82. The molecule has 0 aliphatic rings. The van der Waals surface area contributed by atoms with Crippen molar-refractivity contribution in [1.82, 2.24) is 5.32 Å². The van der Waals surface area contributed by atoms with Crippen molar-refractivity contribution < 1.29 is 0 Å². The molecule has 0 saturated heterocycles. The van der Waals surface area contributed by atoms with Gasteiger partial charge in [0.15, 0.2) is 0 Å². The van der Waals surface area contributed by atoms with Gasteiger partial charge in [-0.2, -0.15) is 0 Å². The van der Waals surface area contributed by atoms with E-state index >= 15 is 0 Å². The fourth-order valence-corrected chi connectivity index (χ4v) is 3.20. The van der Waals surface area contributed by atoms with Crippen molar-refractivity contribution in [3.05, 3.63) is 21.9 Å². The number of hydrogen-bond acceptors (Lipinski definition) is 2. The Labute approximate surface area is 111 Å². The van der Waals surface area contributed by atoms with Crippen LogP contribution in [0.4, 0.5) is 0 Å². The van der Waals surface area contributed by atoms with Crippen molar-refractivity contribution in [1.29, 1.82) is 0 Å². The van der Waals surface area contributed by atoms with Gasteiger partial charge >= 0.3 is 0 Å². The van der Waals surface area contributed by atoms with Gasteiger partial charge in [-0.3, -0.25) is 0 Å². The molecule has 1 nitrogen and oxygen atoms in total. The second-order valence-electron chi connectivity index (χ2n) is 5.87. The van der Waals surface area contributed by atoms with Crippen LogP contribution < -0.4 is 5.32 Å². The monoisotopic (exact) mass is 253 g/mol. The molecule has 1 rings (SSSR count). The fraction of sp³-hybridized carbons (Fsp3) is 0.733. The van der Waals surface area contributed by atoms with Crippen LogP contribution in [0.3, 0.4) is 0 Å². The van der Waals surface area contributed by atoms with E-state index in [1.807, 2.05) is 11.3 Å². The van der Waals surface area contributed by atoms with Crippen LogP contribution in [0, 0.1) is 5.41 Å². The van der Waals surface area contributed by atoms with Gasteiger partial charge < -0.3 is 5.32 Å². The standard InChI is InChI=1S/C15H27NS/c1-6-12-9-11-17-14(12)13(16-7-2)8-10-15(3,4)5/h9,11,13,16H,6-8,10H2,1-5H3. The topological polar surface area (TPSA) is 12.0 Å². The van der Waals surface area contributed by atoms with Crippen LogP contribution in [-0.4, -0.2) is 6.54 Å². The van der Waals surface area contributed by atoms with Crippen molar-refractivity contribution in [3.8, 4) is 0 Å². The summed E-state index contributed by atoms with van der Waals surface area (Å²) in [5.41, 5.74) is 1.95. The minimum atomic E-state index is 0.428. The molecule has 0 aliphatic carbocycles. The van der Waals surface area contributed by atoms with E-state index in [4.69, 9.17) is 0 Å². The normalized spacial score (nSPS) is 13.9. The average Bonchev–Trinajstić information content (AvgIpc) is 2.70. The SMILES string of the molecule is CCNC(CCC(C)(C)C)c1sccc1CC. The first-order valence-corrected chi connectivity index (χ1v) is 7.65. The Kier molecular flexibility index (Phi) is 5.68. The third-order valence-electron chi connectivity index (χ3n) is 3.11. The van der Waals surface area contributed by atoms with E-state index in [1.165, 1.54) is 18.4 Å². The molecule has 1 N–H and O–H groups in total. The highest BCUT2D eigenvalue weighted by Gasteiger charge is 2.18. The predicted molar refractivity (Wildman–Crippen MR) is 78.8 cm³/mol. The molecule has 17 heavy (non-hydrogen) atoms. The van der Waals surface area contributed by atoms with Crippen molar-refractivity contribution in [2.45, 2.75) is 59.9 Å². The maximum absolute atomic E-state index is 3.64. The highest BCUT2D eigenvalue weighted by molar-refractivity contribution is 7.10. The summed E-state index contributed by atoms with van der Waals surface area (Å²) in [6.07, 6.45) is 3.66. The van der Waals surface area contributed by atoms with Gasteiger partial charge in [-0.15, -0.1) is 11.3 Å². The second kappa shape index (κ2) is 6.55. The van der Waals surface area contributed by atoms with Crippen LogP contribution in [0.25, 0.3) is 0 Å². The van der Waals surface area contributed by atoms with Crippen LogP contribution in [0.2, 0.25) is 0 Å². The quantitative estimate of drug-likeness (QED) is 0.769. The molecule has 1 unspecified atom stereocenters. The lowest BCUT2D eigenvalue weighted by molar-refractivity contribution is 0.335. The van der Waals surface area contributed by atoms with E-state index < -0.39 is 0 Å². The molecular weight excluding hydrogens is 226 g/mol. The average molecular weight is 253 g/mol. The maximum Gasteiger partial charge on any atom is 0.0417 e. The first kappa shape index (κ1) is 14.7. The molecule has 0 fully saturated rings. The van der Waals surface area contributed by atoms with E-state index in [1.54, 1.807) is 4.88 Å². The number of nitrogens with one attached hydrogen (secondary N) is 1. The minimum absolute atomic E-state index is 0.428. The van der Waals surface area contributed by atoms with Gasteiger partial charge in [0.05, 0.1) is 0 Å². The summed E-state index contributed by atoms with van der Waals surface area (Å²) < 4.78 is 0. The summed E-state index contributed by atoms with van der Waals surface area (Å²) >= 11 is 1.91. The van der Waals surface area contributed by atoms with Gasteiger partial charge in [-0.05, 0) is 48.2 Å². The lowest BCUT2D eigenvalue weighted by Crippen LogP contribution is -2.22. The summed E-state index contributed by atoms with van der Waals surface area (Å²) in [7, 11) is 0. The van der Waals surface area contributed by atoms with Gasteiger partial charge in [0.25, 0.3) is 0 Å². The molecule has 2 heteroatoms. The van der Waals surface area contributed by atoms with Crippen LogP contribution in [0.15, 0.2) is 11.4 Å². The first-order valence-electron chi connectivity index (χ1n) is 6.77. The van der Waals surface area contributed by atoms with Crippen molar-refractivity contribution >= 4 is 11.3 Å². The number of aryl methyl sites for hydroxylation is 1. The van der Waals surface area contributed by atoms with Crippen molar-refractivity contribution in [3.63, 3.8) is 0 Å². The van der Waals surface area contributed by atoms with Crippen LogP contribution >= 0.6 is 11.3 Å². The van der Waals surface area contributed by atoms with Gasteiger partial charge in [0.2, 0.25) is 0 Å². The molecule has 1 atom stereocenters. The van der Waals surface area contributed by atoms with E-state index in [2.05, 4.69) is 51.4 Å². The third kappa shape index (κ3) is 4.81. The van der Waals surface area contributed by atoms with Crippen molar-refractivity contribution in [2.75, 3.05) is 6.54 Å². The zero-order valence-electron chi connectivity index (χ0n) is 12.0. The number of hydrogen-bond donors (Lipinski definition) is 1. The smallest absolute Gasteiger partial charge is 0.0417 e. The molecule has 1 aromatic heterocycles. The Morgan fingerprint density at radius 2 is 2.00 bits per heavy atom. The van der Waals surface area contributed by atoms with E-state index in [0.717, 1.165) is 13.0 Å². The Bertz CT molecular complexity index is 322. The fourth-order valence-electron chi connectivity index (χ4n) is 2.09. The zero-order valence-corrected chi connectivity index (χ0v) is 12.8. The highest BCUT2D eigenvalue weighted by Crippen LogP contribution is 2.32. The summed E-state index contributed by atoms with van der Waals surface area (Å²) in [5.74, 6) is 0. The molecule has 0 spiro atoms. The van der Waals surface area contributed by atoms with Crippen molar-refractivity contribution in [2.24, 2.45) is 5.41 Å². The van der Waals surface area contributed by atoms with Gasteiger partial charge in [-0.25, -0.2) is 0 Å². The Morgan fingerprint density at radius 1 is 1.29 bits per heavy atom. The highest BCUT2D eigenvalue weighted by atomic mass is 32.1. The van der Waals surface area contributed by atoms with E-state index in [9.17, 15) is 0 Å². The Morgan fingerprint density at radius 3 is 2.53 bits per heavy atom. The molecule has 0 aliphatic heterocycles. The van der Waals surface area contributed by atoms with Crippen LogP contribution in [0.1, 0.15) is 63.9 Å². The van der Waals surface area contributed by atoms with Gasteiger partial charge in [-0.1, -0.05) is 34.6 Å². The molecule has 0 amide bonds. The Balaban J connectivity index is 2.71. The van der Waals surface area contributed by atoms with Crippen LogP contribution in [-0.2, 0) is 6.42 Å². The molecule has 0 aromatic carbocycles. The van der Waals surface area contributed by atoms with E-state index in [-0.39, 0.29) is 0 Å². The number of thiophene rings is 1. The molecule has 0 saturated carbocycles. The van der Waals surface area contributed by atoms with Gasteiger partial charge in [0.1, 0.15) is 0 Å².